The van der Waals surface area contributed by atoms with E-state index in [4.69, 9.17) is 4.74 Å². The average molecular weight is 272 g/mol. The van der Waals surface area contributed by atoms with Gasteiger partial charge in [-0.05, 0) is 36.8 Å². The molecule has 2 rings (SSSR count). The maximum atomic E-state index is 5.95. The van der Waals surface area contributed by atoms with Gasteiger partial charge in [-0.15, -0.1) is 0 Å². The molecule has 0 aliphatic heterocycles. The van der Waals surface area contributed by atoms with Crippen molar-refractivity contribution >= 4 is 0 Å². The van der Waals surface area contributed by atoms with Crippen molar-refractivity contribution in [1.82, 2.24) is 9.55 Å². The Bertz CT molecular complexity index is 493. The zero-order valence-corrected chi connectivity index (χ0v) is 12.5. The molecular formula is C17H24N2O. The molecule has 0 aliphatic rings. The number of hydrogen-bond donors (Lipinski definition) is 0. The summed E-state index contributed by atoms with van der Waals surface area (Å²) in [6.07, 6.45) is 8.99. The fraction of sp³-hybridized carbons (Fsp3) is 0.471. The number of para-hydroxylation sites is 1. The zero-order valence-electron chi connectivity index (χ0n) is 12.5. The fourth-order valence-electron chi connectivity index (χ4n) is 2.24. The van der Waals surface area contributed by atoms with Crippen molar-refractivity contribution in [1.29, 1.82) is 0 Å². The van der Waals surface area contributed by atoms with Crippen LogP contribution in [0.4, 0.5) is 0 Å². The van der Waals surface area contributed by atoms with Crippen LogP contribution in [0.5, 0.6) is 5.75 Å². The third kappa shape index (κ3) is 4.12. The third-order valence-corrected chi connectivity index (χ3v) is 3.69. The van der Waals surface area contributed by atoms with Crippen molar-refractivity contribution in [2.24, 2.45) is 0 Å². The number of hydrogen-bond acceptors (Lipinski definition) is 2. The monoisotopic (exact) mass is 272 g/mol. The van der Waals surface area contributed by atoms with E-state index in [-0.39, 0.29) is 0 Å². The summed E-state index contributed by atoms with van der Waals surface area (Å²) in [6.45, 7) is 6.26. The second-order valence-electron chi connectivity index (χ2n) is 5.20. The largest absolute Gasteiger partial charge is 0.493 e. The van der Waals surface area contributed by atoms with Crippen molar-refractivity contribution in [3.05, 3.63) is 48.5 Å². The minimum absolute atomic E-state index is 0.553. The van der Waals surface area contributed by atoms with Crippen molar-refractivity contribution in [3.63, 3.8) is 0 Å². The summed E-state index contributed by atoms with van der Waals surface area (Å²) in [4.78, 5) is 4.04. The van der Waals surface area contributed by atoms with Gasteiger partial charge in [0.25, 0.3) is 0 Å². The molecule has 1 aromatic carbocycles. The van der Waals surface area contributed by atoms with E-state index in [1.807, 2.05) is 24.8 Å². The van der Waals surface area contributed by atoms with Gasteiger partial charge in [-0.25, -0.2) is 4.98 Å². The van der Waals surface area contributed by atoms with Gasteiger partial charge in [0, 0.05) is 18.9 Å². The van der Waals surface area contributed by atoms with Crippen molar-refractivity contribution in [2.45, 2.75) is 45.6 Å². The second-order valence-corrected chi connectivity index (χ2v) is 5.20. The molecule has 0 N–H and O–H groups in total. The van der Waals surface area contributed by atoms with Crippen LogP contribution >= 0.6 is 0 Å². The van der Waals surface area contributed by atoms with Crippen LogP contribution in [-0.2, 0) is 6.54 Å². The highest BCUT2D eigenvalue weighted by Gasteiger charge is 2.08. The normalized spacial score (nSPS) is 12.3. The quantitative estimate of drug-likeness (QED) is 0.671. The number of benzene rings is 1. The van der Waals surface area contributed by atoms with E-state index in [0.717, 1.165) is 38.2 Å². The lowest BCUT2D eigenvalue weighted by molar-refractivity contribution is 0.298. The van der Waals surface area contributed by atoms with E-state index < -0.39 is 0 Å². The van der Waals surface area contributed by atoms with Crippen LogP contribution in [0.2, 0.25) is 0 Å². The number of ether oxygens (including phenoxy) is 1. The molecule has 1 heterocycles. The molecule has 0 amide bonds. The van der Waals surface area contributed by atoms with Crippen LogP contribution in [0.3, 0.4) is 0 Å². The van der Waals surface area contributed by atoms with Crippen molar-refractivity contribution in [3.8, 4) is 5.75 Å². The lowest BCUT2D eigenvalue weighted by atomic mass is 9.98. The van der Waals surface area contributed by atoms with Gasteiger partial charge in [0.2, 0.25) is 0 Å². The molecule has 0 unspecified atom stereocenters. The number of aryl methyl sites for hydroxylation is 1. The molecule has 0 fully saturated rings. The van der Waals surface area contributed by atoms with E-state index in [1.54, 1.807) is 0 Å². The number of aromatic nitrogens is 2. The Labute approximate surface area is 121 Å². The number of imidazole rings is 1. The van der Waals surface area contributed by atoms with Crippen LogP contribution in [0.1, 0.15) is 44.6 Å². The summed E-state index contributed by atoms with van der Waals surface area (Å²) in [5.74, 6) is 1.60. The van der Waals surface area contributed by atoms with Crippen LogP contribution < -0.4 is 4.74 Å². The number of nitrogens with zero attached hydrogens (tertiary/aromatic N) is 2. The molecule has 20 heavy (non-hydrogen) atoms. The van der Waals surface area contributed by atoms with Gasteiger partial charge in [-0.2, -0.15) is 0 Å². The predicted molar refractivity (Wildman–Crippen MR) is 82.1 cm³/mol. The van der Waals surface area contributed by atoms with Gasteiger partial charge in [-0.1, -0.05) is 32.0 Å². The van der Waals surface area contributed by atoms with Crippen molar-refractivity contribution < 1.29 is 4.74 Å². The van der Waals surface area contributed by atoms with E-state index in [0.29, 0.717) is 5.92 Å². The molecule has 108 valence electrons. The molecule has 3 heteroatoms. The molecule has 0 saturated carbocycles. The lowest BCUT2D eigenvalue weighted by Gasteiger charge is -2.15. The molecule has 0 bridgehead atoms. The summed E-state index contributed by atoms with van der Waals surface area (Å²) in [5.41, 5.74) is 1.32. The van der Waals surface area contributed by atoms with Crippen molar-refractivity contribution in [2.75, 3.05) is 6.61 Å². The summed E-state index contributed by atoms with van der Waals surface area (Å²) >= 11 is 0. The number of rotatable bonds is 8. The van der Waals surface area contributed by atoms with Gasteiger partial charge in [0.15, 0.2) is 0 Å². The summed E-state index contributed by atoms with van der Waals surface area (Å²) in [6, 6.07) is 8.40. The SMILES string of the molecule is CC[C@H](C)c1ccccc1OCCCCn1ccnc1. The maximum absolute atomic E-state index is 5.95. The Balaban J connectivity index is 1.76. The topological polar surface area (TPSA) is 27.1 Å². The highest BCUT2D eigenvalue weighted by atomic mass is 16.5. The van der Waals surface area contributed by atoms with E-state index in [2.05, 4.69) is 41.6 Å². The van der Waals surface area contributed by atoms with Gasteiger partial charge in [0.05, 0.1) is 12.9 Å². The molecule has 1 aromatic heterocycles. The smallest absolute Gasteiger partial charge is 0.122 e. The Morgan fingerprint density at radius 1 is 1.25 bits per heavy atom. The molecule has 0 aliphatic carbocycles. The number of unbranched alkanes of at least 4 members (excludes halogenated alkanes) is 1. The summed E-state index contributed by atoms with van der Waals surface area (Å²) < 4.78 is 8.06. The van der Waals surface area contributed by atoms with E-state index >= 15 is 0 Å². The first-order valence-corrected chi connectivity index (χ1v) is 7.48. The molecule has 0 radical (unpaired) electrons. The highest BCUT2D eigenvalue weighted by Crippen LogP contribution is 2.28. The highest BCUT2D eigenvalue weighted by molar-refractivity contribution is 5.35. The van der Waals surface area contributed by atoms with Gasteiger partial charge < -0.3 is 9.30 Å². The third-order valence-electron chi connectivity index (χ3n) is 3.69. The van der Waals surface area contributed by atoms with E-state index in [9.17, 15) is 0 Å². The molecule has 0 saturated heterocycles. The minimum atomic E-state index is 0.553. The molecule has 2 aromatic rings. The molecule has 3 nitrogen and oxygen atoms in total. The predicted octanol–water partition coefficient (Wildman–Crippen LogP) is 4.26. The fourth-order valence-corrected chi connectivity index (χ4v) is 2.24. The summed E-state index contributed by atoms with van der Waals surface area (Å²) in [7, 11) is 0. The Morgan fingerprint density at radius 2 is 2.10 bits per heavy atom. The van der Waals surface area contributed by atoms with Gasteiger partial charge in [-0.3, -0.25) is 0 Å². The van der Waals surface area contributed by atoms with Crippen LogP contribution in [0.15, 0.2) is 43.0 Å². The van der Waals surface area contributed by atoms with Gasteiger partial charge in [0.1, 0.15) is 5.75 Å². The standard InChI is InChI=1S/C17H24N2O/c1-3-15(2)16-8-4-5-9-17(16)20-13-7-6-11-19-12-10-18-14-19/h4-5,8-10,12,14-15H,3,6-7,11,13H2,1-2H3/t15-/m0/s1. The minimum Gasteiger partial charge on any atom is -0.493 e. The maximum Gasteiger partial charge on any atom is 0.122 e. The Morgan fingerprint density at radius 3 is 2.85 bits per heavy atom. The Kier molecular flexibility index (Phi) is 5.66. The summed E-state index contributed by atoms with van der Waals surface area (Å²) in [5, 5.41) is 0. The first-order valence-electron chi connectivity index (χ1n) is 7.48. The van der Waals surface area contributed by atoms with Crippen LogP contribution in [0, 0.1) is 0 Å². The van der Waals surface area contributed by atoms with Crippen LogP contribution in [-0.4, -0.2) is 16.2 Å². The van der Waals surface area contributed by atoms with E-state index in [1.165, 1.54) is 5.56 Å². The average Bonchev–Trinajstić information content (AvgIpc) is 3.00. The zero-order chi connectivity index (χ0) is 14.2. The van der Waals surface area contributed by atoms with Crippen LogP contribution in [0.25, 0.3) is 0 Å². The molecular weight excluding hydrogens is 248 g/mol. The molecule has 0 spiro atoms. The first-order chi connectivity index (χ1) is 9.81. The second kappa shape index (κ2) is 7.73. The lowest BCUT2D eigenvalue weighted by Crippen LogP contribution is -2.03. The Hall–Kier alpha value is -1.77. The van der Waals surface area contributed by atoms with Gasteiger partial charge >= 0.3 is 0 Å². The molecule has 1 atom stereocenters. The first kappa shape index (κ1) is 14.6.